The fourth-order valence-electron chi connectivity index (χ4n) is 8.35. The Balaban J connectivity index is 0.000000395. The van der Waals surface area contributed by atoms with E-state index in [-0.39, 0.29) is 98.1 Å². The van der Waals surface area contributed by atoms with E-state index in [1.54, 1.807) is 66.0 Å². The Morgan fingerprint density at radius 3 is 1.72 bits per heavy atom. The van der Waals surface area contributed by atoms with E-state index in [2.05, 4.69) is 42.6 Å². The molecule has 0 aliphatic carbocycles. The van der Waals surface area contributed by atoms with Gasteiger partial charge < -0.3 is 44.6 Å². The number of ketones is 2. The summed E-state index contributed by atoms with van der Waals surface area (Å²) in [4.78, 5) is 72.2. The molecule has 6 atom stereocenters. The molecule has 0 bridgehead atoms. The molecule has 0 spiro atoms. The molecule has 0 aromatic heterocycles. The average molecular weight is 1400 g/mol. The zero-order valence-electron chi connectivity index (χ0n) is 52.6. The predicted octanol–water partition coefficient (Wildman–Crippen LogP) is 12.5. The number of nitrogens with zero attached hydrogens (tertiary/aromatic N) is 5. The molecule has 5 aromatic rings. The summed E-state index contributed by atoms with van der Waals surface area (Å²) in [6.07, 6.45) is 3.28. The first-order valence-corrected chi connectivity index (χ1v) is 32.5. The third-order valence-electron chi connectivity index (χ3n) is 13.1. The molecular weight excluding hydrogens is 1310 g/mol. The van der Waals surface area contributed by atoms with Gasteiger partial charge in [-0.3, -0.25) is 33.3 Å². The van der Waals surface area contributed by atoms with Gasteiger partial charge in [-0.25, -0.2) is 35.8 Å². The summed E-state index contributed by atoms with van der Waals surface area (Å²) < 4.78 is 89.0. The van der Waals surface area contributed by atoms with E-state index in [0.717, 1.165) is 29.5 Å². The quantitative estimate of drug-likeness (QED) is 0.0142. The molecule has 508 valence electrons. The Bertz CT molecular complexity index is 3120. The van der Waals surface area contributed by atoms with Crippen molar-refractivity contribution in [2.24, 2.45) is 14.9 Å². The first-order valence-electron chi connectivity index (χ1n) is 29.4. The number of piperidine rings is 1. The van der Waals surface area contributed by atoms with E-state index < -0.39 is 35.8 Å². The van der Waals surface area contributed by atoms with Crippen LogP contribution in [-0.2, 0) is 28.4 Å². The lowest BCUT2D eigenvalue weighted by Crippen LogP contribution is -2.46. The number of hydrogen-bond acceptors (Lipinski definition) is 16. The zero-order valence-corrected chi connectivity index (χ0v) is 57.8. The van der Waals surface area contributed by atoms with Crippen LogP contribution >= 0.6 is 45.3 Å². The summed E-state index contributed by atoms with van der Waals surface area (Å²) in [6, 6.07) is 29.2. The number of likely N-dealkylation sites (tertiary alicyclic amines) is 1. The lowest BCUT2D eigenvalue weighted by molar-refractivity contribution is -0.147. The van der Waals surface area contributed by atoms with Crippen molar-refractivity contribution >= 4 is 86.3 Å². The molecule has 29 heteroatoms. The van der Waals surface area contributed by atoms with Crippen LogP contribution in [0.2, 0.25) is 0 Å². The van der Waals surface area contributed by atoms with Crippen LogP contribution in [-0.4, -0.2) is 149 Å². The summed E-state index contributed by atoms with van der Waals surface area (Å²) >= 11 is 0. The van der Waals surface area contributed by atoms with E-state index in [4.69, 9.17) is 24.2 Å². The normalized spacial score (nSPS) is 14.6. The van der Waals surface area contributed by atoms with Crippen molar-refractivity contribution < 1.29 is 85.1 Å². The number of carbonyl (C=O) groups excluding carboxylic acids is 6. The number of amides is 3. The van der Waals surface area contributed by atoms with Gasteiger partial charge in [0.1, 0.15) is 58.2 Å². The Morgan fingerprint density at radius 1 is 0.753 bits per heavy atom. The van der Waals surface area contributed by atoms with E-state index in [1.807, 2.05) is 20.8 Å². The molecule has 5 aromatic carbocycles. The molecule has 2 aliphatic rings. The maximum Gasteiger partial charge on any atom is 0.410 e. The highest BCUT2D eigenvalue weighted by molar-refractivity contribution is 7.34. The van der Waals surface area contributed by atoms with Gasteiger partial charge in [-0.05, 0) is 186 Å². The van der Waals surface area contributed by atoms with Gasteiger partial charge >= 0.3 is 12.1 Å². The van der Waals surface area contributed by atoms with Crippen LogP contribution in [0.15, 0.2) is 136 Å². The molecule has 2 aliphatic heterocycles. The molecular formula is C64H84F5N6O13P5. The number of carbonyl (C=O) groups is 6. The number of esters is 1. The molecule has 7 rings (SSSR count). The van der Waals surface area contributed by atoms with Crippen molar-refractivity contribution in [1.29, 1.82) is 0 Å². The smallest absolute Gasteiger partial charge is 0.410 e. The summed E-state index contributed by atoms with van der Waals surface area (Å²) in [6.45, 7) is 10.4. The minimum Gasteiger partial charge on any atom is -0.466 e. The number of ether oxygens (including phenoxy) is 2. The Morgan fingerprint density at radius 2 is 1.27 bits per heavy atom. The van der Waals surface area contributed by atoms with Crippen molar-refractivity contribution in [1.82, 2.24) is 19.6 Å². The number of hydrogen-bond donors (Lipinski definition) is 5. The molecule has 5 N–H and O–H groups in total. The van der Waals surface area contributed by atoms with Crippen LogP contribution in [0.25, 0.3) is 5.57 Å². The van der Waals surface area contributed by atoms with E-state index >= 15 is 0 Å². The number of aliphatic hydroxyl groups is 4. The number of nitrogens with one attached hydrogen (secondary N) is 1. The summed E-state index contributed by atoms with van der Waals surface area (Å²) in [5, 5.41) is 37.9. The summed E-state index contributed by atoms with van der Waals surface area (Å²) in [7, 11) is 9.21. The maximum atomic E-state index is 13.0. The molecule has 1 fully saturated rings. The topological polar surface area (TPSA) is 257 Å². The van der Waals surface area contributed by atoms with E-state index in [0.29, 0.717) is 85.8 Å². The fraction of sp³-hybridized carbons (Fsp3) is 0.406. The lowest BCUT2D eigenvalue weighted by Gasteiger charge is -2.38. The third-order valence-corrected chi connectivity index (χ3v) is 15.4. The van der Waals surface area contributed by atoms with Crippen molar-refractivity contribution in [3.8, 4) is 0 Å². The van der Waals surface area contributed by atoms with Crippen molar-refractivity contribution in [2.45, 2.75) is 90.3 Å². The monoisotopic (exact) mass is 1390 g/mol. The summed E-state index contributed by atoms with van der Waals surface area (Å²) in [5.74, 6) is -2.83. The second kappa shape index (κ2) is 46.8. The van der Waals surface area contributed by atoms with Crippen molar-refractivity contribution in [3.63, 3.8) is 0 Å². The maximum absolute atomic E-state index is 13.0. The number of benzene rings is 5. The highest BCUT2D eigenvalue weighted by Crippen LogP contribution is 2.34. The van der Waals surface area contributed by atoms with Gasteiger partial charge in [0, 0.05) is 104 Å². The van der Waals surface area contributed by atoms with Crippen LogP contribution in [0.1, 0.15) is 122 Å². The second-order valence-corrected chi connectivity index (χ2v) is 24.6. The first-order chi connectivity index (χ1) is 44.4. The number of aliphatic hydroxyl groups excluding tert-OH is 4. The summed E-state index contributed by atoms with van der Waals surface area (Å²) in [5.41, 5.74) is 3.97. The van der Waals surface area contributed by atoms with Crippen LogP contribution in [0.5, 0.6) is 0 Å². The number of Topliss-reactive ketones (excluding diaryl/α,β-unsaturated/α-hetero) is 2. The molecule has 4 unspecified atom stereocenters. The molecule has 2 heterocycles. The Labute approximate surface area is 550 Å². The van der Waals surface area contributed by atoms with Gasteiger partial charge in [0.25, 0.3) is 5.91 Å². The van der Waals surface area contributed by atoms with E-state index in [1.165, 1.54) is 89.6 Å². The lowest BCUT2D eigenvalue weighted by atomic mass is 9.81. The van der Waals surface area contributed by atoms with Gasteiger partial charge in [-0.15, -0.1) is 0 Å². The average Bonchev–Trinajstić information content (AvgIpc) is 0.945. The molecule has 93 heavy (non-hydrogen) atoms. The largest absolute Gasteiger partial charge is 0.466 e. The third kappa shape index (κ3) is 34.1. The van der Waals surface area contributed by atoms with E-state index in [9.17, 15) is 60.9 Å². The molecule has 0 radical (unpaired) electrons. The minimum atomic E-state index is -0.619. The molecule has 1 saturated heterocycles. The number of rotatable bonds is 22. The predicted molar refractivity (Wildman–Crippen MR) is 359 cm³/mol. The Kier molecular flexibility index (Phi) is 41.7. The minimum absolute atomic E-state index is 0.0126. The standard InChI is InChI=1S/C17H24FNO3.C14H17FN2O4P2.C11H11FN2OP2.C10H12FNO.C9H12FO2P.C3H8O2/c1-17(2,3)22-16(21)19-9-8-15(13(10-19)11-20)12-4-6-14(18)7-5-12;1-2-21-14(20)9-13(19)17(23-16-22)8-7-12(18)10-3-5-11(15)6-4-10;12-10-3-1-8(2-4-10)9-5-6-14(17-13-16)11(15)7-9;1-12-7-6-10(13)8-2-4-9(11)5-3-8;10-8-3-1-7(2-4-8)9(11)5-6-12-13;4-2-1-3-5/h4-7,13,15,20H,8-11H2,1-3H3;3-6H,2,7-9,22H2,1H3;1-4,7H,5-6,16H2;2-5,12H,6-7H2,1H3;1-4,9,11H,5-6,13H2;4-5H,1-3H2/t13-,15-;;;;;/m0...../s1. The Hall–Kier alpha value is -6.24. The first kappa shape index (κ1) is 82.9. The van der Waals surface area contributed by atoms with Gasteiger partial charge in [0.2, 0.25) is 5.91 Å². The molecule has 3 amide bonds. The fourth-order valence-corrected chi connectivity index (χ4v) is 10.2. The van der Waals surface area contributed by atoms with Crippen LogP contribution in [0.4, 0.5) is 26.7 Å². The van der Waals surface area contributed by atoms with Gasteiger partial charge in [0.05, 0.1) is 19.3 Å². The van der Waals surface area contributed by atoms with Gasteiger partial charge in [-0.1, -0.05) is 36.4 Å². The van der Waals surface area contributed by atoms with Crippen LogP contribution < -0.4 is 5.32 Å². The SMILES string of the molecule is CC(C)(C)OC(=O)N1CC[C@@H](c2ccc(F)cc2)[C@H](CO)C1.CCOC(=O)CC(=O)N(CCC(=O)c1ccc(F)cc1)P=NP.CNCCC(=O)c1ccc(F)cc1.O=C1C=C(c2ccc(F)cc2)CCN1P=NP.OC(CCOP)c1ccc(F)cc1.OCCCO. The highest BCUT2D eigenvalue weighted by Gasteiger charge is 2.34. The molecule has 19 nitrogen and oxygen atoms in total. The van der Waals surface area contributed by atoms with Crippen molar-refractivity contribution in [2.75, 3.05) is 72.8 Å². The zero-order chi connectivity index (χ0) is 69.3. The highest BCUT2D eigenvalue weighted by atomic mass is 31.1. The van der Waals surface area contributed by atoms with Crippen LogP contribution in [0.3, 0.4) is 0 Å². The second-order valence-electron chi connectivity index (χ2n) is 21.1. The molecule has 0 saturated carbocycles. The number of halogens is 5. The van der Waals surface area contributed by atoms with Gasteiger partial charge in [-0.2, -0.15) is 0 Å². The van der Waals surface area contributed by atoms with Crippen LogP contribution in [0, 0.1) is 35.0 Å². The van der Waals surface area contributed by atoms with Gasteiger partial charge in [0.15, 0.2) is 11.6 Å². The van der Waals surface area contributed by atoms with Crippen molar-refractivity contribution in [3.05, 3.63) is 184 Å².